The van der Waals surface area contributed by atoms with E-state index in [1.54, 1.807) is 6.20 Å². The monoisotopic (exact) mass is 225 g/mol. The van der Waals surface area contributed by atoms with Gasteiger partial charge in [-0.05, 0) is 19.9 Å². The molecule has 0 radical (unpaired) electrons. The van der Waals surface area contributed by atoms with Crippen LogP contribution >= 0.6 is 11.6 Å². The van der Waals surface area contributed by atoms with Crippen LogP contribution in [0, 0.1) is 0 Å². The Morgan fingerprint density at radius 2 is 2.27 bits per heavy atom. The van der Waals surface area contributed by atoms with Crippen molar-refractivity contribution in [1.82, 2.24) is 10.3 Å². The summed E-state index contributed by atoms with van der Waals surface area (Å²) in [5.74, 6) is 0. The molecule has 1 N–H and O–H groups in total. The van der Waals surface area contributed by atoms with E-state index >= 15 is 0 Å². The van der Waals surface area contributed by atoms with Crippen LogP contribution in [0.2, 0.25) is 5.02 Å². The van der Waals surface area contributed by atoms with Crippen LogP contribution < -0.4 is 10.2 Å². The summed E-state index contributed by atoms with van der Waals surface area (Å²) in [6, 6.07) is 2.94. The first-order valence-electron chi connectivity index (χ1n) is 5.29. The summed E-state index contributed by atoms with van der Waals surface area (Å²) in [5.41, 5.74) is 1.11. The fourth-order valence-electron chi connectivity index (χ4n) is 1.98. The van der Waals surface area contributed by atoms with Gasteiger partial charge in [0.15, 0.2) is 0 Å². The van der Waals surface area contributed by atoms with Crippen molar-refractivity contribution in [2.75, 3.05) is 18.0 Å². The quantitative estimate of drug-likeness (QED) is 0.792. The molecule has 0 bridgehead atoms. The summed E-state index contributed by atoms with van der Waals surface area (Å²) >= 11 is 5.94. The highest BCUT2D eigenvalue weighted by Gasteiger charge is 2.24. The van der Waals surface area contributed by atoms with E-state index in [1.807, 2.05) is 12.3 Å². The average Bonchev–Trinajstić information content (AvgIpc) is 2.22. The number of rotatable bonds is 1. The highest BCUT2D eigenvalue weighted by molar-refractivity contribution is 6.30. The summed E-state index contributed by atoms with van der Waals surface area (Å²) in [6.07, 6.45) is 3.54. The minimum atomic E-state index is 0.471. The smallest absolute Gasteiger partial charge is 0.0609 e. The molecule has 0 amide bonds. The minimum absolute atomic E-state index is 0.471. The number of aromatic nitrogens is 1. The van der Waals surface area contributed by atoms with E-state index in [-0.39, 0.29) is 0 Å². The lowest BCUT2D eigenvalue weighted by Gasteiger charge is -2.40. The molecule has 2 rings (SSSR count). The van der Waals surface area contributed by atoms with Crippen LogP contribution in [-0.2, 0) is 0 Å². The molecule has 1 aliphatic rings. The maximum atomic E-state index is 5.94. The first kappa shape index (κ1) is 10.7. The summed E-state index contributed by atoms with van der Waals surface area (Å²) in [7, 11) is 0. The normalized spacial score (nSPS) is 26.7. The predicted molar refractivity (Wildman–Crippen MR) is 63.5 cm³/mol. The molecule has 1 aliphatic heterocycles. The van der Waals surface area contributed by atoms with Crippen molar-refractivity contribution >= 4 is 17.3 Å². The molecular weight excluding hydrogens is 210 g/mol. The van der Waals surface area contributed by atoms with Gasteiger partial charge >= 0.3 is 0 Å². The SMILES string of the molecule is C[C@@H]1NCCN(c2cncc(Cl)c2)[C@H]1C. The van der Waals surface area contributed by atoms with Crippen molar-refractivity contribution in [2.45, 2.75) is 25.9 Å². The maximum absolute atomic E-state index is 5.94. The van der Waals surface area contributed by atoms with E-state index < -0.39 is 0 Å². The second-order valence-electron chi connectivity index (χ2n) is 4.04. The number of nitrogens with one attached hydrogen (secondary N) is 1. The zero-order valence-electron chi connectivity index (χ0n) is 9.07. The van der Waals surface area contributed by atoms with Gasteiger partial charge in [0.25, 0.3) is 0 Å². The Hall–Kier alpha value is -0.800. The lowest BCUT2D eigenvalue weighted by atomic mass is 10.1. The molecule has 4 heteroatoms. The Kier molecular flexibility index (Phi) is 3.12. The zero-order chi connectivity index (χ0) is 10.8. The van der Waals surface area contributed by atoms with Crippen molar-refractivity contribution in [1.29, 1.82) is 0 Å². The van der Waals surface area contributed by atoms with Gasteiger partial charge in [-0.15, -0.1) is 0 Å². The fraction of sp³-hybridized carbons (Fsp3) is 0.545. The van der Waals surface area contributed by atoms with E-state index in [0.717, 1.165) is 18.8 Å². The number of hydrogen-bond donors (Lipinski definition) is 1. The molecule has 0 unspecified atom stereocenters. The van der Waals surface area contributed by atoms with Gasteiger partial charge in [-0.1, -0.05) is 11.6 Å². The Balaban J connectivity index is 2.22. The lowest BCUT2D eigenvalue weighted by molar-refractivity contribution is 0.404. The van der Waals surface area contributed by atoms with Gasteiger partial charge in [-0.2, -0.15) is 0 Å². The third kappa shape index (κ3) is 2.24. The molecule has 0 aliphatic carbocycles. The highest BCUT2D eigenvalue weighted by Crippen LogP contribution is 2.22. The number of pyridine rings is 1. The first-order chi connectivity index (χ1) is 7.18. The third-order valence-corrected chi connectivity index (χ3v) is 3.26. The second kappa shape index (κ2) is 4.37. The van der Waals surface area contributed by atoms with Crippen LogP contribution in [0.3, 0.4) is 0 Å². The molecule has 0 saturated carbocycles. The van der Waals surface area contributed by atoms with Crippen molar-refractivity contribution < 1.29 is 0 Å². The third-order valence-electron chi connectivity index (χ3n) is 3.06. The summed E-state index contributed by atoms with van der Waals surface area (Å²) in [6.45, 7) is 6.44. The molecule has 1 saturated heterocycles. The van der Waals surface area contributed by atoms with Gasteiger partial charge in [0.1, 0.15) is 0 Å². The topological polar surface area (TPSA) is 28.2 Å². The number of piperazine rings is 1. The second-order valence-corrected chi connectivity index (χ2v) is 4.47. The number of anilines is 1. The maximum Gasteiger partial charge on any atom is 0.0609 e. The standard InChI is InChI=1S/C11H16ClN3/c1-8-9(2)15(4-3-14-8)11-5-10(12)6-13-7-11/h5-9,14H,3-4H2,1-2H3/t8-,9-/m0/s1. The summed E-state index contributed by atoms with van der Waals surface area (Å²) in [4.78, 5) is 6.47. The van der Waals surface area contributed by atoms with E-state index in [2.05, 4.69) is 29.0 Å². The van der Waals surface area contributed by atoms with Crippen molar-refractivity contribution in [2.24, 2.45) is 0 Å². The van der Waals surface area contributed by atoms with Crippen molar-refractivity contribution in [3.8, 4) is 0 Å². The Labute approximate surface area is 95.4 Å². The van der Waals surface area contributed by atoms with E-state index in [1.165, 1.54) is 0 Å². The van der Waals surface area contributed by atoms with Crippen LogP contribution in [0.25, 0.3) is 0 Å². The number of halogens is 1. The van der Waals surface area contributed by atoms with Crippen LogP contribution in [0.15, 0.2) is 18.5 Å². The summed E-state index contributed by atoms with van der Waals surface area (Å²) in [5, 5.41) is 4.15. The van der Waals surface area contributed by atoms with E-state index in [0.29, 0.717) is 17.1 Å². The van der Waals surface area contributed by atoms with Gasteiger partial charge in [0.05, 0.1) is 16.9 Å². The molecular formula is C11H16ClN3. The van der Waals surface area contributed by atoms with Crippen LogP contribution in [0.1, 0.15) is 13.8 Å². The molecule has 0 aromatic carbocycles. The molecule has 2 heterocycles. The van der Waals surface area contributed by atoms with Gasteiger partial charge in [0.2, 0.25) is 0 Å². The average molecular weight is 226 g/mol. The van der Waals surface area contributed by atoms with Gasteiger partial charge in [-0.3, -0.25) is 4.98 Å². The van der Waals surface area contributed by atoms with Gasteiger partial charge in [0, 0.05) is 31.4 Å². The fourth-order valence-corrected chi connectivity index (χ4v) is 2.15. The van der Waals surface area contributed by atoms with Crippen LogP contribution in [-0.4, -0.2) is 30.2 Å². The molecule has 2 atom stereocenters. The molecule has 1 fully saturated rings. The van der Waals surface area contributed by atoms with Crippen LogP contribution in [0.4, 0.5) is 5.69 Å². The summed E-state index contributed by atoms with van der Waals surface area (Å²) < 4.78 is 0. The van der Waals surface area contributed by atoms with Gasteiger partial charge in [-0.25, -0.2) is 0 Å². The molecule has 1 aromatic heterocycles. The van der Waals surface area contributed by atoms with E-state index in [9.17, 15) is 0 Å². The van der Waals surface area contributed by atoms with Crippen molar-refractivity contribution in [3.05, 3.63) is 23.5 Å². The molecule has 15 heavy (non-hydrogen) atoms. The molecule has 1 aromatic rings. The predicted octanol–water partition coefficient (Wildman–Crippen LogP) is 1.92. The molecule has 82 valence electrons. The van der Waals surface area contributed by atoms with E-state index in [4.69, 9.17) is 11.6 Å². The first-order valence-corrected chi connectivity index (χ1v) is 5.67. The zero-order valence-corrected chi connectivity index (χ0v) is 9.83. The van der Waals surface area contributed by atoms with Crippen LogP contribution in [0.5, 0.6) is 0 Å². The van der Waals surface area contributed by atoms with Crippen molar-refractivity contribution in [3.63, 3.8) is 0 Å². The largest absolute Gasteiger partial charge is 0.365 e. The molecule has 3 nitrogen and oxygen atoms in total. The highest BCUT2D eigenvalue weighted by atomic mass is 35.5. The molecule has 0 spiro atoms. The number of nitrogens with zero attached hydrogens (tertiary/aromatic N) is 2. The number of hydrogen-bond acceptors (Lipinski definition) is 3. The Morgan fingerprint density at radius 3 is 3.00 bits per heavy atom. The lowest BCUT2D eigenvalue weighted by Crippen LogP contribution is -2.55. The minimum Gasteiger partial charge on any atom is -0.365 e. The Morgan fingerprint density at radius 1 is 1.47 bits per heavy atom. The van der Waals surface area contributed by atoms with Gasteiger partial charge < -0.3 is 10.2 Å². The Bertz CT molecular complexity index is 342.